The second kappa shape index (κ2) is 7.74. The number of alkyl carbamates (subject to hydrolysis) is 1. The summed E-state index contributed by atoms with van der Waals surface area (Å²) in [7, 11) is 0. The highest BCUT2D eigenvalue weighted by atomic mass is 35.5. The largest absolute Gasteiger partial charge is 0.444 e. The molecule has 0 saturated carbocycles. The molecular weight excluding hydrogens is 308 g/mol. The number of nitrogen functional groups attached to an aromatic ring is 1. The maximum Gasteiger partial charge on any atom is 0.407 e. The molecule has 0 heterocycles. The van der Waals surface area contributed by atoms with Crippen LogP contribution in [-0.2, 0) is 4.74 Å². The van der Waals surface area contributed by atoms with E-state index in [1.165, 1.54) is 0 Å². The van der Waals surface area contributed by atoms with E-state index in [-0.39, 0.29) is 13.1 Å². The first-order valence-corrected chi connectivity index (χ1v) is 7.12. The molecule has 0 bridgehead atoms. The summed E-state index contributed by atoms with van der Waals surface area (Å²) in [5.74, 6) is 0. The van der Waals surface area contributed by atoms with Crippen molar-refractivity contribution in [1.29, 1.82) is 0 Å². The summed E-state index contributed by atoms with van der Waals surface area (Å²) in [6, 6.07) is 4.38. The molecule has 0 aliphatic rings. The SMILES string of the molecule is CC(C)(C)OC(=O)NCCNC(=O)Nc1ccc(N)c(Cl)c1. The van der Waals surface area contributed by atoms with Gasteiger partial charge < -0.3 is 26.4 Å². The van der Waals surface area contributed by atoms with Crippen LogP contribution in [0.4, 0.5) is 21.0 Å². The number of hydrogen-bond acceptors (Lipinski definition) is 4. The van der Waals surface area contributed by atoms with Crippen LogP contribution in [0.5, 0.6) is 0 Å². The van der Waals surface area contributed by atoms with Gasteiger partial charge in [0.2, 0.25) is 0 Å². The van der Waals surface area contributed by atoms with E-state index in [1.807, 2.05) is 0 Å². The van der Waals surface area contributed by atoms with Crippen molar-refractivity contribution < 1.29 is 14.3 Å². The lowest BCUT2D eigenvalue weighted by Crippen LogP contribution is -2.39. The molecule has 0 aromatic heterocycles. The lowest BCUT2D eigenvalue weighted by atomic mass is 10.2. The van der Waals surface area contributed by atoms with Gasteiger partial charge in [0.05, 0.1) is 10.7 Å². The summed E-state index contributed by atoms with van der Waals surface area (Å²) < 4.78 is 5.06. The Morgan fingerprint density at radius 2 is 1.86 bits per heavy atom. The lowest BCUT2D eigenvalue weighted by molar-refractivity contribution is 0.0528. The fraction of sp³-hybridized carbons (Fsp3) is 0.429. The number of halogens is 1. The predicted octanol–water partition coefficient (Wildman–Crippen LogP) is 2.57. The molecule has 0 unspecified atom stereocenters. The third-order valence-electron chi connectivity index (χ3n) is 2.34. The van der Waals surface area contributed by atoms with Crippen LogP contribution < -0.4 is 21.7 Å². The minimum atomic E-state index is -0.552. The summed E-state index contributed by atoms with van der Waals surface area (Å²) in [5.41, 5.74) is 5.99. The Hall–Kier alpha value is -2.15. The van der Waals surface area contributed by atoms with E-state index in [4.69, 9.17) is 22.1 Å². The zero-order valence-corrected chi connectivity index (χ0v) is 13.6. The standard InChI is InChI=1S/C14H21ClN4O3/c1-14(2,3)22-13(21)18-7-6-17-12(20)19-9-4-5-11(16)10(15)8-9/h4-5,8H,6-7,16H2,1-3H3,(H,18,21)(H2,17,19,20). The Kier molecular flexibility index (Phi) is 6.30. The van der Waals surface area contributed by atoms with E-state index in [9.17, 15) is 9.59 Å². The molecule has 5 N–H and O–H groups in total. The fourth-order valence-corrected chi connectivity index (χ4v) is 1.62. The van der Waals surface area contributed by atoms with E-state index in [1.54, 1.807) is 39.0 Å². The number of carbonyl (C=O) groups is 2. The average molecular weight is 329 g/mol. The number of anilines is 2. The number of rotatable bonds is 4. The molecule has 8 heteroatoms. The summed E-state index contributed by atoms with van der Waals surface area (Å²) in [6.45, 7) is 5.83. The number of benzene rings is 1. The fourth-order valence-electron chi connectivity index (χ4n) is 1.43. The van der Waals surface area contributed by atoms with Gasteiger partial charge in [-0.3, -0.25) is 0 Å². The Morgan fingerprint density at radius 1 is 1.23 bits per heavy atom. The van der Waals surface area contributed by atoms with Crippen LogP contribution in [-0.4, -0.2) is 30.8 Å². The molecule has 0 aliphatic heterocycles. The zero-order chi connectivity index (χ0) is 16.8. The first-order chi connectivity index (χ1) is 10.2. The third kappa shape index (κ3) is 7.03. The summed E-state index contributed by atoms with van der Waals surface area (Å²) in [4.78, 5) is 23.0. The number of urea groups is 1. The molecule has 0 radical (unpaired) electrons. The van der Waals surface area contributed by atoms with E-state index in [2.05, 4.69) is 16.0 Å². The Bertz CT molecular complexity index is 543. The van der Waals surface area contributed by atoms with Gasteiger partial charge in [0.15, 0.2) is 0 Å². The topological polar surface area (TPSA) is 105 Å². The molecule has 0 aliphatic carbocycles. The van der Waals surface area contributed by atoms with Gasteiger partial charge in [-0.15, -0.1) is 0 Å². The molecule has 1 rings (SSSR count). The minimum absolute atomic E-state index is 0.255. The second-order valence-electron chi connectivity index (χ2n) is 5.55. The van der Waals surface area contributed by atoms with Gasteiger partial charge in [-0.2, -0.15) is 0 Å². The van der Waals surface area contributed by atoms with E-state index < -0.39 is 17.7 Å². The quantitative estimate of drug-likeness (QED) is 0.503. The van der Waals surface area contributed by atoms with Gasteiger partial charge in [0.25, 0.3) is 0 Å². The molecule has 7 nitrogen and oxygen atoms in total. The molecule has 0 spiro atoms. The summed E-state index contributed by atoms with van der Waals surface area (Å²) >= 11 is 5.85. The van der Waals surface area contributed by atoms with Crippen LogP contribution in [0.3, 0.4) is 0 Å². The highest BCUT2D eigenvalue weighted by Gasteiger charge is 2.15. The molecule has 1 aromatic carbocycles. The van der Waals surface area contributed by atoms with Gasteiger partial charge in [0.1, 0.15) is 5.60 Å². The lowest BCUT2D eigenvalue weighted by Gasteiger charge is -2.19. The van der Waals surface area contributed by atoms with E-state index in [0.29, 0.717) is 16.4 Å². The van der Waals surface area contributed by atoms with Gasteiger partial charge in [-0.05, 0) is 39.0 Å². The molecule has 0 fully saturated rings. The Morgan fingerprint density at radius 3 is 2.45 bits per heavy atom. The van der Waals surface area contributed by atoms with Crippen molar-refractivity contribution in [3.8, 4) is 0 Å². The number of ether oxygens (including phenoxy) is 1. The van der Waals surface area contributed by atoms with Gasteiger partial charge in [-0.25, -0.2) is 9.59 Å². The smallest absolute Gasteiger partial charge is 0.407 e. The van der Waals surface area contributed by atoms with Crippen molar-refractivity contribution in [3.63, 3.8) is 0 Å². The first-order valence-electron chi connectivity index (χ1n) is 6.74. The number of hydrogen-bond donors (Lipinski definition) is 4. The number of amides is 3. The van der Waals surface area contributed by atoms with Crippen LogP contribution in [0.15, 0.2) is 18.2 Å². The number of carbonyl (C=O) groups excluding carboxylic acids is 2. The van der Waals surface area contributed by atoms with Crippen LogP contribution in [0.1, 0.15) is 20.8 Å². The molecule has 122 valence electrons. The van der Waals surface area contributed by atoms with Crippen molar-refractivity contribution in [2.75, 3.05) is 24.1 Å². The number of nitrogens with one attached hydrogen (secondary N) is 3. The molecule has 0 saturated heterocycles. The van der Waals surface area contributed by atoms with Crippen LogP contribution >= 0.6 is 11.6 Å². The molecular formula is C14H21ClN4O3. The summed E-state index contributed by atoms with van der Waals surface area (Å²) in [6.07, 6.45) is -0.528. The van der Waals surface area contributed by atoms with E-state index in [0.717, 1.165) is 0 Å². The van der Waals surface area contributed by atoms with Crippen molar-refractivity contribution in [2.45, 2.75) is 26.4 Å². The van der Waals surface area contributed by atoms with Crippen LogP contribution in [0.2, 0.25) is 5.02 Å². The molecule has 0 atom stereocenters. The highest BCUT2D eigenvalue weighted by Crippen LogP contribution is 2.22. The van der Waals surface area contributed by atoms with Gasteiger partial charge >= 0.3 is 12.1 Å². The zero-order valence-electron chi connectivity index (χ0n) is 12.8. The minimum Gasteiger partial charge on any atom is -0.444 e. The van der Waals surface area contributed by atoms with Gasteiger partial charge in [-0.1, -0.05) is 11.6 Å². The van der Waals surface area contributed by atoms with Crippen molar-refractivity contribution in [1.82, 2.24) is 10.6 Å². The molecule has 22 heavy (non-hydrogen) atoms. The van der Waals surface area contributed by atoms with Crippen LogP contribution in [0, 0.1) is 0 Å². The van der Waals surface area contributed by atoms with Crippen LogP contribution in [0.25, 0.3) is 0 Å². The third-order valence-corrected chi connectivity index (χ3v) is 2.66. The Balaban J connectivity index is 2.26. The Labute approximate surface area is 134 Å². The van der Waals surface area contributed by atoms with E-state index >= 15 is 0 Å². The second-order valence-corrected chi connectivity index (χ2v) is 5.95. The van der Waals surface area contributed by atoms with Crippen molar-refractivity contribution in [2.24, 2.45) is 0 Å². The maximum atomic E-state index is 11.6. The van der Waals surface area contributed by atoms with Crippen molar-refractivity contribution in [3.05, 3.63) is 23.2 Å². The normalized spacial score (nSPS) is 10.7. The predicted molar refractivity (Wildman–Crippen MR) is 87.1 cm³/mol. The first kappa shape index (κ1) is 17.9. The van der Waals surface area contributed by atoms with Gasteiger partial charge in [0, 0.05) is 18.8 Å². The maximum absolute atomic E-state index is 11.6. The molecule has 3 amide bonds. The number of nitrogens with two attached hydrogens (primary N) is 1. The molecule has 1 aromatic rings. The van der Waals surface area contributed by atoms with Crippen molar-refractivity contribution >= 4 is 35.1 Å². The highest BCUT2D eigenvalue weighted by molar-refractivity contribution is 6.33. The monoisotopic (exact) mass is 328 g/mol. The summed E-state index contributed by atoms with van der Waals surface area (Å²) in [5, 5.41) is 8.09. The average Bonchev–Trinajstić information content (AvgIpc) is 2.37.